The van der Waals surface area contributed by atoms with Gasteiger partial charge in [-0.2, -0.15) is 0 Å². The van der Waals surface area contributed by atoms with E-state index in [1.54, 1.807) is 18.2 Å². The summed E-state index contributed by atoms with van der Waals surface area (Å²) in [6.07, 6.45) is 1.27. The molecule has 7 nitrogen and oxygen atoms in total. The molecular weight excluding hydrogens is 310 g/mol. The van der Waals surface area contributed by atoms with Crippen molar-refractivity contribution in [2.75, 3.05) is 23.9 Å². The first-order valence-electron chi connectivity index (χ1n) is 7.65. The van der Waals surface area contributed by atoms with Crippen LogP contribution in [0.25, 0.3) is 0 Å². The van der Waals surface area contributed by atoms with Gasteiger partial charge in [-0.15, -0.1) is 0 Å². The molecule has 128 valence electrons. The molecule has 0 spiro atoms. The third-order valence-electron chi connectivity index (χ3n) is 3.37. The molecule has 7 heteroatoms. The van der Waals surface area contributed by atoms with Gasteiger partial charge in [-0.05, 0) is 26.0 Å². The second kappa shape index (κ2) is 7.63. The summed E-state index contributed by atoms with van der Waals surface area (Å²) in [4.78, 5) is 37.5. The summed E-state index contributed by atoms with van der Waals surface area (Å²) in [7, 11) is 1.29. The molecule has 2 rings (SSSR count). The fourth-order valence-electron chi connectivity index (χ4n) is 2.37. The zero-order valence-electron chi connectivity index (χ0n) is 14.0. The van der Waals surface area contributed by atoms with Gasteiger partial charge in [0.1, 0.15) is 6.54 Å². The van der Waals surface area contributed by atoms with Crippen LogP contribution in [0, 0.1) is 0 Å². The Kier molecular flexibility index (Phi) is 5.57. The van der Waals surface area contributed by atoms with E-state index in [-0.39, 0.29) is 30.8 Å². The normalized spacial score (nSPS) is 13.6. The number of methoxy groups -OCH3 is 1. The molecule has 0 aliphatic carbocycles. The lowest BCUT2D eigenvalue weighted by Crippen LogP contribution is -2.42. The van der Waals surface area contributed by atoms with Gasteiger partial charge in [-0.25, -0.2) is 0 Å². The molecule has 0 aromatic heterocycles. The summed E-state index contributed by atoms with van der Waals surface area (Å²) >= 11 is 0. The van der Waals surface area contributed by atoms with Gasteiger partial charge in [0.15, 0.2) is 0 Å². The molecule has 1 aliphatic heterocycles. The molecule has 0 saturated carbocycles. The zero-order valence-corrected chi connectivity index (χ0v) is 14.0. The van der Waals surface area contributed by atoms with E-state index in [4.69, 9.17) is 0 Å². The number of rotatable bonds is 5. The van der Waals surface area contributed by atoms with Crippen LogP contribution in [0.2, 0.25) is 0 Å². The molecule has 0 fully saturated rings. The zero-order chi connectivity index (χ0) is 17.7. The largest absolute Gasteiger partial charge is 0.469 e. The first-order valence-corrected chi connectivity index (χ1v) is 7.65. The van der Waals surface area contributed by atoms with Crippen LogP contribution in [0.4, 0.5) is 11.4 Å². The van der Waals surface area contributed by atoms with Crippen LogP contribution < -0.4 is 15.5 Å². The quantitative estimate of drug-likeness (QED) is 0.797. The minimum Gasteiger partial charge on any atom is -0.469 e. The maximum absolute atomic E-state index is 12.6. The number of fused-ring (bicyclic) bond motifs is 1. The second-order valence-electron chi connectivity index (χ2n) is 5.71. The Balaban J connectivity index is 2.31. The smallest absolute Gasteiger partial charge is 0.311 e. The van der Waals surface area contributed by atoms with E-state index >= 15 is 0 Å². The standard InChI is InChI=1S/C17H21N3O4/c1-11(2)18-15(21)10-20-14-7-5-4-6-13(14)19-12(8-16(20)22)9-17(23)24-3/h4-8,11,19H,9-10H2,1-3H3,(H,18,21). The Labute approximate surface area is 140 Å². The molecule has 1 aromatic rings. The molecule has 2 amide bonds. The first-order chi connectivity index (χ1) is 11.4. The Hall–Kier alpha value is -2.83. The van der Waals surface area contributed by atoms with Gasteiger partial charge in [-0.3, -0.25) is 19.3 Å². The summed E-state index contributed by atoms with van der Waals surface area (Å²) in [6.45, 7) is 3.61. The Bertz CT molecular complexity index is 682. The van der Waals surface area contributed by atoms with E-state index < -0.39 is 5.97 Å². The molecular formula is C17H21N3O4. The van der Waals surface area contributed by atoms with Crippen LogP contribution in [0.5, 0.6) is 0 Å². The summed E-state index contributed by atoms with van der Waals surface area (Å²) in [5.41, 5.74) is 1.65. The van der Waals surface area contributed by atoms with Gasteiger partial charge in [0, 0.05) is 17.8 Å². The number of hydrogen-bond donors (Lipinski definition) is 2. The van der Waals surface area contributed by atoms with Crippen molar-refractivity contribution in [3.05, 3.63) is 36.0 Å². The minimum absolute atomic E-state index is 0.0154. The van der Waals surface area contributed by atoms with E-state index in [1.807, 2.05) is 19.9 Å². The summed E-state index contributed by atoms with van der Waals surface area (Å²) in [5, 5.41) is 5.83. The SMILES string of the molecule is COC(=O)CC1=CC(=O)N(CC(=O)NC(C)C)c2ccccc2N1. The first kappa shape index (κ1) is 17.5. The average molecular weight is 331 g/mol. The molecule has 0 atom stereocenters. The summed E-state index contributed by atoms with van der Waals surface area (Å²) in [5.74, 6) is -1.08. The number of esters is 1. The van der Waals surface area contributed by atoms with Crippen LogP contribution in [-0.2, 0) is 19.1 Å². The van der Waals surface area contributed by atoms with E-state index in [1.165, 1.54) is 18.1 Å². The third kappa shape index (κ3) is 4.34. The number of amides is 2. The number of nitrogens with one attached hydrogen (secondary N) is 2. The lowest BCUT2D eigenvalue weighted by atomic mass is 10.2. The van der Waals surface area contributed by atoms with E-state index in [2.05, 4.69) is 15.4 Å². The second-order valence-corrected chi connectivity index (χ2v) is 5.71. The van der Waals surface area contributed by atoms with Gasteiger partial charge in [0.2, 0.25) is 5.91 Å². The predicted molar refractivity (Wildman–Crippen MR) is 90.4 cm³/mol. The molecule has 1 aliphatic rings. The topological polar surface area (TPSA) is 87.7 Å². The Morgan fingerprint density at radius 3 is 2.67 bits per heavy atom. The van der Waals surface area contributed by atoms with Crippen molar-refractivity contribution in [1.29, 1.82) is 0 Å². The number of para-hydroxylation sites is 2. The van der Waals surface area contributed by atoms with Gasteiger partial charge < -0.3 is 15.4 Å². The van der Waals surface area contributed by atoms with Crippen molar-refractivity contribution in [2.45, 2.75) is 26.3 Å². The van der Waals surface area contributed by atoms with Gasteiger partial charge in [0.05, 0.1) is 24.9 Å². The fraction of sp³-hybridized carbons (Fsp3) is 0.353. The van der Waals surface area contributed by atoms with Crippen molar-refractivity contribution in [3.63, 3.8) is 0 Å². The molecule has 0 bridgehead atoms. The molecule has 1 aromatic carbocycles. The average Bonchev–Trinajstić information content (AvgIpc) is 2.63. The molecule has 1 heterocycles. The highest BCUT2D eigenvalue weighted by atomic mass is 16.5. The lowest BCUT2D eigenvalue weighted by Gasteiger charge is -2.22. The molecule has 24 heavy (non-hydrogen) atoms. The number of hydrogen-bond acceptors (Lipinski definition) is 5. The van der Waals surface area contributed by atoms with Crippen molar-refractivity contribution >= 4 is 29.2 Å². The van der Waals surface area contributed by atoms with E-state index in [0.29, 0.717) is 17.1 Å². The Morgan fingerprint density at radius 2 is 2.00 bits per heavy atom. The van der Waals surface area contributed by atoms with Crippen LogP contribution in [-0.4, -0.2) is 37.5 Å². The van der Waals surface area contributed by atoms with Gasteiger partial charge in [0.25, 0.3) is 5.91 Å². The monoisotopic (exact) mass is 331 g/mol. The highest BCUT2D eigenvalue weighted by Crippen LogP contribution is 2.30. The van der Waals surface area contributed by atoms with Crippen LogP contribution in [0.3, 0.4) is 0 Å². The maximum atomic E-state index is 12.6. The summed E-state index contributed by atoms with van der Waals surface area (Å²) < 4.78 is 4.64. The maximum Gasteiger partial charge on any atom is 0.311 e. The van der Waals surface area contributed by atoms with Crippen molar-refractivity contribution in [1.82, 2.24) is 5.32 Å². The van der Waals surface area contributed by atoms with Gasteiger partial charge >= 0.3 is 5.97 Å². The summed E-state index contributed by atoms with van der Waals surface area (Å²) in [6, 6.07) is 7.11. The van der Waals surface area contributed by atoms with Crippen LogP contribution in [0.1, 0.15) is 20.3 Å². The predicted octanol–water partition coefficient (Wildman–Crippen LogP) is 1.42. The molecule has 0 saturated heterocycles. The van der Waals surface area contributed by atoms with E-state index in [9.17, 15) is 14.4 Å². The minimum atomic E-state index is -0.454. The number of carbonyl (C=O) groups is 3. The van der Waals surface area contributed by atoms with Crippen molar-refractivity contribution in [3.8, 4) is 0 Å². The number of benzene rings is 1. The Morgan fingerprint density at radius 1 is 1.29 bits per heavy atom. The lowest BCUT2D eigenvalue weighted by molar-refractivity contribution is -0.139. The number of anilines is 2. The third-order valence-corrected chi connectivity index (χ3v) is 3.37. The van der Waals surface area contributed by atoms with E-state index in [0.717, 1.165) is 0 Å². The van der Waals surface area contributed by atoms with Crippen molar-refractivity contribution < 1.29 is 19.1 Å². The molecule has 0 unspecified atom stereocenters. The molecule has 2 N–H and O–H groups in total. The van der Waals surface area contributed by atoms with Crippen LogP contribution in [0.15, 0.2) is 36.0 Å². The van der Waals surface area contributed by atoms with Gasteiger partial charge in [-0.1, -0.05) is 12.1 Å². The van der Waals surface area contributed by atoms with Crippen LogP contribution >= 0.6 is 0 Å². The molecule has 0 radical (unpaired) electrons. The highest BCUT2D eigenvalue weighted by Gasteiger charge is 2.25. The number of nitrogens with zero attached hydrogens (tertiary/aromatic N) is 1. The number of carbonyl (C=O) groups excluding carboxylic acids is 3. The number of ether oxygens (including phenoxy) is 1. The fourth-order valence-corrected chi connectivity index (χ4v) is 2.37. The van der Waals surface area contributed by atoms with Crippen molar-refractivity contribution in [2.24, 2.45) is 0 Å². The highest BCUT2D eigenvalue weighted by molar-refractivity contribution is 6.09.